The maximum Gasteiger partial charge on any atom is 0.333 e. The summed E-state index contributed by atoms with van der Waals surface area (Å²) in [6.07, 6.45) is 0.663. The standard InChI is InChI=1S/C22H19NO4S/c1-14(2)21(24)26-10-11-27-22(25)18(13-23)16-7-5-9-20-17(16)12-15-6-3-4-8-19(15)28-20/h3-9,18H,1,10-12H2,2H3. The molecule has 0 spiro atoms. The van der Waals surface area contributed by atoms with Crippen LogP contribution in [0.4, 0.5) is 0 Å². The van der Waals surface area contributed by atoms with Gasteiger partial charge in [0.2, 0.25) is 0 Å². The molecule has 0 amide bonds. The molecular weight excluding hydrogens is 374 g/mol. The lowest BCUT2D eigenvalue weighted by Crippen LogP contribution is -2.20. The Labute approximate surface area is 168 Å². The van der Waals surface area contributed by atoms with E-state index >= 15 is 0 Å². The van der Waals surface area contributed by atoms with Crippen LogP contribution in [0.25, 0.3) is 0 Å². The van der Waals surface area contributed by atoms with Crippen LogP contribution in [0.5, 0.6) is 0 Å². The molecule has 0 saturated heterocycles. The van der Waals surface area contributed by atoms with Crippen LogP contribution in [0.3, 0.4) is 0 Å². The van der Waals surface area contributed by atoms with Gasteiger partial charge in [-0.05, 0) is 35.7 Å². The Kier molecular flexibility index (Phi) is 6.17. The fourth-order valence-electron chi connectivity index (χ4n) is 2.93. The summed E-state index contributed by atoms with van der Waals surface area (Å²) in [6, 6.07) is 15.8. The van der Waals surface area contributed by atoms with E-state index in [2.05, 4.69) is 24.8 Å². The van der Waals surface area contributed by atoms with Crippen molar-refractivity contribution in [2.75, 3.05) is 13.2 Å². The highest BCUT2D eigenvalue weighted by molar-refractivity contribution is 7.99. The van der Waals surface area contributed by atoms with Gasteiger partial charge < -0.3 is 9.47 Å². The van der Waals surface area contributed by atoms with Gasteiger partial charge in [-0.15, -0.1) is 0 Å². The van der Waals surface area contributed by atoms with Gasteiger partial charge in [-0.1, -0.05) is 48.7 Å². The first-order valence-electron chi connectivity index (χ1n) is 8.77. The molecule has 0 aromatic heterocycles. The predicted octanol–water partition coefficient (Wildman–Crippen LogP) is 4.01. The molecule has 1 aliphatic rings. The van der Waals surface area contributed by atoms with Crippen LogP contribution < -0.4 is 0 Å². The van der Waals surface area contributed by atoms with Crippen molar-refractivity contribution in [1.82, 2.24) is 0 Å². The van der Waals surface area contributed by atoms with Crippen molar-refractivity contribution in [2.45, 2.75) is 29.1 Å². The molecule has 2 aromatic rings. The molecule has 5 nitrogen and oxygen atoms in total. The molecule has 3 rings (SSSR count). The number of carbonyl (C=O) groups is 2. The second kappa shape index (κ2) is 8.77. The molecule has 2 aromatic carbocycles. The van der Waals surface area contributed by atoms with Crippen molar-refractivity contribution in [2.24, 2.45) is 0 Å². The predicted molar refractivity (Wildman–Crippen MR) is 105 cm³/mol. The number of rotatable bonds is 6. The second-order valence-corrected chi connectivity index (χ2v) is 7.44. The lowest BCUT2D eigenvalue weighted by Gasteiger charge is -2.23. The third-order valence-corrected chi connectivity index (χ3v) is 5.53. The Morgan fingerprint density at radius 2 is 1.86 bits per heavy atom. The molecule has 28 heavy (non-hydrogen) atoms. The van der Waals surface area contributed by atoms with Crippen molar-refractivity contribution < 1.29 is 19.1 Å². The van der Waals surface area contributed by atoms with Crippen LogP contribution in [-0.2, 0) is 25.5 Å². The largest absolute Gasteiger partial charge is 0.461 e. The summed E-state index contributed by atoms with van der Waals surface area (Å²) in [6.45, 7) is 4.83. The average Bonchev–Trinajstić information content (AvgIpc) is 2.70. The van der Waals surface area contributed by atoms with Gasteiger partial charge in [0.15, 0.2) is 5.92 Å². The van der Waals surface area contributed by atoms with Gasteiger partial charge >= 0.3 is 11.9 Å². The maximum absolute atomic E-state index is 12.5. The fraction of sp³-hybridized carbons (Fsp3) is 0.227. The average molecular weight is 393 g/mol. The van der Waals surface area contributed by atoms with E-state index in [1.54, 1.807) is 17.8 Å². The van der Waals surface area contributed by atoms with Crippen molar-refractivity contribution in [3.8, 4) is 6.07 Å². The molecule has 0 N–H and O–H groups in total. The number of hydrogen-bond donors (Lipinski definition) is 0. The molecule has 1 aliphatic heterocycles. The Hall–Kier alpha value is -3.04. The highest BCUT2D eigenvalue weighted by atomic mass is 32.2. The minimum absolute atomic E-state index is 0.0777. The minimum atomic E-state index is -1.03. The Morgan fingerprint density at radius 1 is 1.14 bits per heavy atom. The molecule has 1 heterocycles. The van der Waals surface area contributed by atoms with Crippen LogP contribution in [-0.4, -0.2) is 25.2 Å². The van der Waals surface area contributed by atoms with Crippen molar-refractivity contribution >= 4 is 23.7 Å². The van der Waals surface area contributed by atoms with E-state index in [0.717, 1.165) is 10.5 Å². The first kappa shape index (κ1) is 19.7. The van der Waals surface area contributed by atoms with Crippen molar-refractivity contribution in [1.29, 1.82) is 5.26 Å². The first-order valence-corrected chi connectivity index (χ1v) is 9.59. The van der Waals surface area contributed by atoms with E-state index in [9.17, 15) is 14.9 Å². The number of carbonyl (C=O) groups excluding carboxylic acids is 2. The van der Waals surface area contributed by atoms with E-state index in [4.69, 9.17) is 9.47 Å². The Balaban J connectivity index is 1.72. The monoisotopic (exact) mass is 393 g/mol. The number of esters is 2. The normalized spacial score (nSPS) is 12.7. The quantitative estimate of drug-likeness (QED) is 0.358. The van der Waals surface area contributed by atoms with Gasteiger partial charge in [0.25, 0.3) is 0 Å². The van der Waals surface area contributed by atoms with Gasteiger partial charge in [-0.25, -0.2) is 4.79 Å². The molecular formula is C22H19NO4S. The van der Waals surface area contributed by atoms with Gasteiger partial charge in [0, 0.05) is 21.8 Å². The zero-order valence-electron chi connectivity index (χ0n) is 15.4. The molecule has 1 unspecified atom stereocenters. The number of nitrogens with zero attached hydrogens (tertiary/aromatic N) is 1. The minimum Gasteiger partial charge on any atom is -0.461 e. The Bertz CT molecular complexity index is 977. The molecule has 1 atom stereocenters. The van der Waals surface area contributed by atoms with Crippen molar-refractivity contribution in [3.05, 3.63) is 71.3 Å². The summed E-state index contributed by atoms with van der Waals surface area (Å²) >= 11 is 1.64. The lowest BCUT2D eigenvalue weighted by atomic mass is 9.91. The zero-order valence-corrected chi connectivity index (χ0v) is 16.3. The summed E-state index contributed by atoms with van der Waals surface area (Å²) in [4.78, 5) is 26.0. The van der Waals surface area contributed by atoms with Crippen molar-refractivity contribution in [3.63, 3.8) is 0 Å². The van der Waals surface area contributed by atoms with Gasteiger partial charge in [0.05, 0.1) is 6.07 Å². The molecule has 0 fully saturated rings. The summed E-state index contributed by atoms with van der Waals surface area (Å²) in [7, 11) is 0. The van der Waals surface area contributed by atoms with E-state index in [1.807, 2.05) is 24.3 Å². The fourth-order valence-corrected chi connectivity index (χ4v) is 4.04. The molecule has 142 valence electrons. The van der Waals surface area contributed by atoms with E-state index in [-0.39, 0.29) is 18.8 Å². The highest BCUT2D eigenvalue weighted by Crippen LogP contribution is 2.42. The van der Waals surface area contributed by atoms with Gasteiger partial charge in [0.1, 0.15) is 13.2 Å². The Morgan fingerprint density at radius 3 is 2.61 bits per heavy atom. The number of benzene rings is 2. The number of fused-ring (bicyclic) bond motifs is 2. The highest BCUT2D eigenvalue weighted by Gasteiger charge is 2.28. The summed E-state index contributed by atoms with van der Waals surface area (Å²) < 4.78 is 10.1. The third-order valence-electron chi connectivity index (χ3n) is 4.31. The van der Waals surface area contributed by atoms with E-state index < -0.39 is 17.9 Å². The number of nitriles is 1. The van der Waals surface area contributed by atoms with Crippen LogP contribution in [0.15, 0.2) is 64.4 Å². The molecule has 0 bridgehead atoms. The SMILES string of the molecule is C=C(C)C(=O)OCCOC(=O)C(C#N)c1cccc2c1Cc1ccccc1S2. The number of ether oxygens (including phenoxy) is 2. The van der Waals surface area contributed by atoms with Gasteiger partial charge in [-0.3, -0.25) is 4.79 Å². The second-order valence-electron chi connectivity index (χ2n) is 6.36. The van der Waals surface area contributed by atoms with Gasteiger partial charge in [-0.2, -0.15) is 5.26 Å². The summed E-state index contributed by atoms with van der Waals surface area (Å²) in [5.74, 6) is -2.22. The topological polar surface area (TPSA) is 76.4 Å². The first-order chi connectivity index (χ1) is 13.5. The van der Waals surface area contributed by atoms with E-state index in [0.29, 0.717) is 12.0 Å². The smallest absolute Gasteiger partial charge is 0.333 e. The third kappa shape index (κ3) is 4.26. The van der Waals surface area contributed by atoms with Crippen LogP contribution in [0, 0.1) is 11.3 Å². The zero-order chi connectivity index (χ0) is 20.1. The molecule has 0 saturated carbocycles. The summed E-state index contributed by atoms with van der Waals surface area (Å²) in [5, 5.41) is 9.61. The van der Waals surface area contributed by atoms with Crippen LogP contribution in [0.2, 0.25) is 0 Å². The maximum atomic E-state index is 12.5. The van der Waals surface area contributed by atoms with Crippen LogP contribution >= 0.6 is 11.8 Å². The van der Waals surface area contributed by atoms with Crippen LogP contribution in [0.1, 0.15) is 29.5 Å². The molecule has 0 aliphatic carbocycles. The number of hydrogen-bond acceptors (Lipinski definition) is 6. The molecule has 6 heteroatoms. The summed E-state index contributed by atoms with van der Waals surface area (Å²) in [5.41, 5.74) is 3.08. The molecule has 0 radical (unpaired) electrons. The lowest BCUT2D eigenvalue weighted by molar-refractivity contribution is -0.150. The van der Waals surface area contributed by atoms with E-state index in [1.165, 1.54) is 17.4 Å².